The zero-order chi connectivity index (χ0) is 19.1. The van der Waals surface area contributed by atoms with Crippen LogP contribution in [0.4, 0.5) is 0 Å². The van der Waals surface area contributed by atoms with Gasteiger partial charge in [-0.1, -0.05) is 66.2 Å². The number of ether oxygens (including phenoxy) is 2. The summed E-state index contributed by atoms with van der Waals surface area (Å²) in [4.78, 5) is 23.2. The number of unbranched alkanes of at least 4 members (excludes halogenated alkanes) is 4. The third-order valence-corrected chi connectivity index (χ3v) is 3.99. The number of aliphatic hydroxyl groups is 1. The van der Waals surface area contributed by atoms with E-state index in [0.29, 0.717) is 25.0 Å². The van der Waals surface area contributed by atoms with E-state index >= 15 is 0 Å². The van der Waals surface area contributed by atoms with E-state index in [1.54, 1.807) is 0 Å². The molecular weight excluding hydrogens is 439 g/mol. The second-order valence-electron chi connectivity index (χ2n) is 7.59. The fourth-order valence-electron chi connectivity index (χ4n) is 2.42. The van der Waals surface area contributed by atoms with Gasteiger partial charge in [0.1, 0.15) is 0 Å². The Hall–Kier alpha value is -0.301. The quantitative estimate of drug-likeness (QED) is 0.220. The molecule has 0 aromatic heterocycles. The molecule has 1 atom stereocenters. The van der Waals surface area contributed by atoms with Gasteiger partial charge in [0, 0.05) is 23.9 Å². The first-order valence-corrected chi connectivity index (χ1v) is 9.83. The van der Waals surface area contributed by atoms with Crippen molar-refractivity contribution in [3.63, 3.8) is 0 Å². The van der Waals surface area contributed by atoms with Crippen molar-refractivity contribution >= 4 is 35.8 Å². The van der Waals surface area contributed by atoms with Crippen LogP contribution in [0.5, 0.6) is 0 Å². The van der Waals surface area contributed by atoms with Gasteiger partial charge >= 0.3 is 11.9 Å². The average Bonchev–Trinajstić information content (AvgIpc) is 2.53. The van der Waals surface area contributed by atoms with Crippen molar-refractivity contribution in [1.29, 1.82) is 0 Å². The van der Waals surface area contributed by atoms with Gasteiger partial charge in [0.05, 0.1) is 19.6 Å². The molecule has 0 aromatic carbocycles. The zero-order valence-electron chi connectivity index (χ0n) is 17.1. The molecule has 0 aliphatic carbocycles. The van der Waals surface area contributed by atoms with Gasteiger partial charge in [-0.15, -0.1) is 0 Å². The van der Waals surface area contributed by atoms with Crippen LogP contribution in [-0.2, 0) is 19.1 Å². The Labute approximate surface area is 176 Å². The van der Waals surface area contributed by atoms with Crippen LogP contribution in [-0.4, -0.2) is 60.3 Å². The van der Waals surface area contributed by atoms with E-state index in [1.165, 1.54) is 12.8 Å². The predicted octanol–water partition coefficient (Wildman–Crippen LogP) is 3.88. The molecule has 0 fully saturated rings. The maximum absolute atomic E-state index is 11.6. The Kier molecular flexibility index (Phi) is 19.4. The number of hydrogen-bond donors (Lipinski definition) is 1. The second kappa shape index (κ2) is 18.1. The number of esters is 2. The molecule has 0 saturated heterocycles. The smallest absolute Gasteiger partial charge is 0.335 e. The molecule has 5 nitrogen and oxygen atoms in total. The van der Waals surface area contributed by atoms with Gasteiger partial charge in [0.25, 0.3) is 0 Å². The van der Waals surface area contributed by atoms with Crippen LogP contribution in [0.25, 0.3) is 0 Å². The van der Waals surface area contributed by atoms with Gasteiger partial charge in [0.15, 0.2) is 6.10 Å². The van der Waals surface area contributed by atoms with E-state index in [2.05, 4.69) is 27.7 Å². The summed E-state index contributed by atoms with van der Waals surface area (Å²) in [5.41, 5.74) is 0. The summed E-state index contributed by atoms with van der Waals surface area (Å²) < 4.78 is 10.0. The third kappa shape index (κ3) is 18.5. The Balaban J connectivity index is 0. The summed E-state index contributed by atoms with van der Waals surface area (Å²) in [7, 11) is 0. The fourth-order valence-corrected chi connectivity index (χ4v) is 2.42. The standard InChI is InChI=1S/C20H38O5.Sn/c1-16(2)11-7-5-9-13-24-19(22)15-18(21)20(23)25-14-10-6-8-12-17(3)4;/h16-18,21H,5-15H2,1-4H3;. The molecule has 0 spiro atoms. The number of hydrogen-bond acceptors (Lipinski definition) is 5. The number of carbonyl (C=O) groups is 2. The van der Waals surface area contributed by atoms with Crippen molar-refractivity contribution in [1.82, 2.24) is 0 Å². The molecule has 4 radical (unpaired) electrons. The molecule has 0 bridgehead atoms. The summed E-state index contributed by atoms with van der Waals surface area (Å²) >= 11 is 0. The molecular formula is C20H38O5Sn. The Bertz CT molecular complexity index is 358. The van der Waals surface area contributed by atoms with Gasteiger partial charge in [-0.25, -0.2) is 4.79 Å². The topological polar surface area (TPSA) is 72.8 Å². The first kappa shape index (κ1) is 27.9. The maximum atomic E-state index is 11.6. The third-order valence-electron chi connectivity index (χ3n) is 3.99. The first-order valence-electron chi connectivity index (χ1n) is 9.83. The largest absolute Gasteiger partial charge is 0.466 e. The van der Waals surface area contributed by atoms with Crippen LogP contribution < -0.4 is 0 Å². The molecule has 26 heavy (non-hydrogen) atoms. The van der Waals surface area contributed by atoms with Crippen LogP contribution >= 0.6 is 0 Å². The van der Waals surface area contributed by atoms with Crippen LogP contribution in [0.1, 0.15) is 85.5 Å². The summed E-state index contributed by atoms with van der Waals surface area (Å²) in [5, 5.41) is 9.69. The monoisotopic (exact) mass is 478 g/mol. The molecule has 0 aromatic rings. The van der Waals surface area contributed by atoms with Crippen molar-refractivity contribution in [2.45, 2.75) is 91.6 Å². The SMILES string of the molecule is CC(C)CCCCCOC(=O)CC(O)C(=O)OCCCCCC(C)C.[Sn]. The molecule has 1 N–H and O–H groups in total. The van der Waals surface area contributed by atoms with E-state index in [0.717, 1.165) is 38.5 Å². The summed E-state index contributed by atoms with van der Waals surface area (Å²) in [6.07, 6.45) is 6.44. The van der Waals surface area contributed by atoms with Crippen molar-refractivity contribution in [2.75, 3.05) is 13.2 Å². The van der Waals surface area contributed by atoms with Crippen molar-refractivity contribution < 1.29 is 24.2 Å². The molecule has 0 aliphatic rings. The molecule has 1 unspecified atom stereocenters. The Morgan fingerprint density at radius 2 is 1.23 bits per heavy atom. The normalized spacial score (nSPS) is 12.0. The first-order chi connectivity index (χ1) is 11.8. The Morgan fingerprint density at radius 3 is 1.69 bits per heavy atom. The number of rotatable bonds is 15. The maximum Gasteiger partial charge on any atom is 0.335 e. The summed E-state index contributed by atoms with van der Waals surface area (Å²) in [5.74, 6) is 0.0903. The van der Waals surface area contributed by atoms with Crippen molar-refractivity contribution in [3.05, 3.63) is 0 Å². The molecule has 0 aliphatic heterocycles. The van der Waals surface area contributed by atoms with Gasteiger partial charge in [-0.2, -0.15) is 0 Å². The predicted molar refractivity (Wildman–Crippen MR) is 105 cm³/mol. The Morgan fingerprint density at radius 1 is 0.769 bits per heavy atom. The minimum Gasteiger partial charge on any atom is -0.466 e. The van der Waals surface area contributed by atoms with Crippen molar-refractivity contribution in [2.24, 2.45) is 11.8 Å². The summed E-state index contributed by atoms with van der Waals surface area (Å²) in [6.45, 7) is 9.37. The van der Waals surface area contributed by atoms with E-state index < -0.39 is 18.0 Å². The number of aliphatic hydroxyl groups excluding tert-OH is 1. The fraction of sp³-hybridized carbons (Fsp3) is 0.900. The van der Waals surface area contributed by atoms with Gasteiger partial charge in [-0.05, 0) is 24.7 Å². The van der Waals surface area contributed by atoms with Gasteiger partial charge in [0.2, 0.25) is 0 Å². The summed E-state index contributed by atoms with van der Waals surface area (Å²) in [6, 6.07) is 0. The van der Waals surface area contributed by atoms with Crippen LogP contribution in [0.2, 0.25) is 0 Å². The van der Waals surface area contributed by atoms with Gasteiger partial charge in [-0.3, -0.25) is 4.79 Å². The molecule has 0 amide bonds. The molecule has 6 heteroatoms. The molecule has 0 heterocycles. The minimum absolute atomic E-state index is 0. The molecule has 0 rings (SSSR count). The number of carbonyl (C=O) groups excluding carboxylic acids is 2. The van der Waals surface area contributed by atoms with Crippen LogP contribution in [0.15, 0.2) is 0 Å². The van der Waals surface area contributed by atoms with E-state index in [-0.39, 0.29) is 30.3 Å². The van der Waals surface area contributed by atoms with E-state index in [4.69, 9.17) is 9.47 Å². The van der Waals surface area contributed by atoms with Crippen LogP contribution in [0.3, 0.4) is 0 Å². The zero-order valence-corrected chi connectivity index (χ0v) is 19.9. The minimum atomic E-state index is -1.43. The molecule has 152 valence electrons. The van der Waals surface area contributed by atoms with E-state index in [1.807, 2.05) is 0 Å². The second-order valence-corrected chi connectivity index (χ2v) is 7.59. The van der Waals surface area contributed by atoms with Crippen LogP contribution in [0, 0.1) is 11.8 Å². The van der Waals surface area contributed by atoms with E-state index in [9.17, 15) is 14.7 Å². The molecule has 0 saturated carbocycles. The van der Waals surface area contributed by atoms with Crippen molar-refractivity contribution in [3.8, 4) is 0 Å². The average molecular weight is 477 g/mol. The van der Waals surface area contributed by atoms with Gasteiger partial charge < -0.3 is 14.6 Å².